The van der Waals surface area contributed by atoms with Gasteiger partial charge in [-0.2, -0.15) is 4.91 Å². The van der Waals surface area contributed by atoms with E-state index >= 15 is 0 Å². The van der Waals surface area contributed by atoms with Gasteiger partial charge in [0.2, 0.25) is 5.91 Å². The second-order valence-electron chi connectivity index (χ2n) is 3.54. The maximum Gasteiger partial charge on any atom is 0.249 e. The molecule has 0 aromatic heterocycles. The number of carbonyl (C=O) groups excluding carboxylic acids is 1. The zero-order chi connectivity index (χ0) is 11.9. The SMILES string of the molecule is CP(C)(=O)CNCN(O)C(=O)CCN=O. The van der Waals surface area contributed by atoms with Crippen LogP contribution in [0.5, 0.6) is 0 Å². The van der Waals surface area contributed by atoms with Crippen molar-refractivity contribution in [1.82, 2.24) is 10.4 Å². The van der Waals surface area contributed by atoms with Gasteiger partial charge in [0, 0.05) is 0 Å². The Morgan fingerprint density at radius 1 is 1.53 bits per heavy atom. The van der Waals surface area contributed by atoms with E-state index in [2.05, 4.69) is 10.5 Å². The van der Waals surface area contributed by atoms with E-state index < -0.39 is 13.0 Å². The van der Waals surface area contributed by atoms with Crippen LogP contribution < -0.4 is 5.32 Å². The predicted octanol–water partition coefficient (Wildman–Crippen LogP) is 0.488. The Balaban J connectivity index is 3.73. The molecular weight excluding hydrogens is 221 g/mol. The van der Waals surface area contributed by atoms with Gasteiger partial charge in [-0.25, -0.2) is 5.06 Å². The Kier molecular flexibility index (Phi) is 6.31. The zero-order valence-electron chi connectivity index (χ0n) is 8.84. The van der Waals surface area contributed by atoms with E-state index in [0.29, 0.717) is 5.06 Å². The van der Waals surface area contributed by atoms with Gasteiger partial charge >= 0.3 is 0 Å². The van der Waals surface area contributed by atoms with Gasteiger partial charge in [0.1, 0.15) is 0 Å². The van der Waals surface area contributed by atoms with E-state index in [1.165, 1.54) is 0 Å². The lowest BCUT2D eigenvalue weighted by atomic mass is 10.4. The maximum absolute atomic E-state index is 11.2. The summed E-state index contributed by atoms with van der Waals surface area (Å²) in [6.07, 6.45) is 0.112. The van der Waals surface area contributed by atoms with Crippen molar-refractivity contribution in [2.75, 3.05) is 32.8 Å². The molecule has 0 aliphatic heterocycles. The second kappa shape index (κ2) is 6.66. The molecule has 0 rings (SSSR count). The third-order valence-electron chi connectivity index (χ3n) is 1.46. The summed E-state index contributed by atoms with van der Waals surface area (Å²) in [6, 6.07) is 0. The fourth-order valence-electron chi connectivity index (χ4n) is 0.784. The third kappa shape index (κ3) is 8.23. The topological polar surface area (TPSA) is 99.1 Å². The van der Waals surface area contributed by atoms with Crippen molar-refractivity contribution in [3.63, 3.8) is 0 Å². The maximum atomic E-state index is 11.2. The summed E-state index contributed by atoms with van der Waals surface area (Å²) in [4.78, 5) is 20.7. The van der Waals surface area contributed by atoms with Crippen molar-refractivity contribution in [2.24, 2.45) is 5.18 Å². The van der Waals surface area contributed by atoms with Crippen LogP contribution in [0.4, 0.5) is 0 Å². The molecule has 0 fully saturated rings. The van der Waals surface area contributed by atoms with Gasteiger partial charge in [-0.15, -0.1) is 0 Å². The largest absolute Gasteiger partial charge is 0.323 e. The first kappa shape index (κ1) is 14.2. The molecule has 0 atom stereocenters. The molecule has 0 saturated carbocycles. The zero-order valence-corrected chi connectivity index (χ0v) is 9.74. The minimum atomic E-state index is -2.20. The van der Waals surface area contributed by atoms with Gasteiger partial charge < -0.3 is 4.57 Å². The molecule has 0 aromatic rings. The van der Waals surface area contributed by atoms with Crippen LogP contribution in [0.1, 0.15) is 6.42 Å². The number of hydroxylamine groups is 2. The molecule has 7 nitrogen and oxygen atoms in total. The van der Waals surface area contributed by atoms with Crippen molar-refractivity contribution in [3.05, 3.63) is 4.91 Å². The highest BCUT2D eigenvalue weighted by atomic mass is 31.2. The van der Waals surface area contributed by atoms with Gasteiger partial charge in [-0.3, -0.25) is 15.3 Å². The van der Waals surface area contributed by atoms with E-state index in [0.717, 1.165) is 0 Å². The third-order valence-corrected chi connectivity index (χ3v) is 2.44. The first-order valence-electron chi connectivity index (χ1n) is 4.40. The smallest absolute Gasteiger partial charge is 0.249 e. The molecule has 1 amide bonds. The number of nitrogens with zero attached hydrogens (tertiary/aromatic N) is 2. The average molecular weight is 237 g/mol. The van der Waals surface area contributed by atoms with Crippen molar-refractivity contribution in [3.8, 4) is 0 Å². The molecule has 0 spiro atoms. The van der Waals surface area contributed by atoms with E-state index in [1.807, 2.05) is 0 Å². The number of hydrogen-bond acceptors (Lipinski definition) is 6. The molecule has 0 aromatic carbocycles. The second-order valence-corrected chi connectivity index (χ2v) is 7.00. The van der Waals surface area contributed by atoms with Crippen LogP contribution in [0.2, 0.25) is 0 Å². The molecule has 0 unspecified atom stereocenters. The summed E-state index contributed by atoms with van der Waals surface area (Å²) in [5.41, 5.74) is 0. The molecule has 0 bridgehead atoms. The Bertz CT molecular complexity index is 265. The normalized spacial score (nSPS) is 11.1. The van der Waals surface area contributed by atoms with Crippen molar-refractivity contribution in [1.29, 1.82) is 0 Å². The van der Waals surface area contributed by atoms with Gasteiger partial charge in [-0.1, -0.05) is 5.18 Å². The van der Waals surface area contributed by atoms with Gasteiger partial charge in [0.25, 0.3) is 0 Å². The van der Waals surface area contributed by atoms with E-state index in [9.17, 15) is 14.3 Å². The number of nitrogens with one attached hydrogen (secondary N) is 1. The first-order chi connectivity index (χ1) is 6.87. The summed E-state index contributed by atoms with van der Waals surface area (Å²) >= 11 is 0. The van der Waals surface area contributed by atoms with Crippen LogP contribution in [0.3, 0.4) is 0 Å². The lowest BCUT2D eigenvalue weighted by Crippen LogP contribution is -2.36. The van der Waals surface area contributed by atoms with Gasteiger partial charge in [0.15, 0.2) is 0 Å². The lowest BCUT2D eigenvalue weighted by Gasteiger charge is -2.16. The molecule has 0 aliphatic rings. The minimum absolute atomic E-state index is 0.108. The minimum Gasteiger partial charge on any atom is -0.323 e. The van der Waals surface area contributed by atoms with Crippen molar-refractivity contribution < 1.29 is 14.6 Å². The summed E-state index contributed by atoms with van der Waals surface area (Å²) in [5.74, 6) is -0.593. The highest BCUT2D eigenvalue weighted by Crippen LogP contribution is 2.33. The molecule has 0 heterocycles. The van der Waals surface area contributed by atoms with Crippen LogP contribution in [-0.4, -0.2) is 49.0 Å². The van der Waals surface area contributed by atoms with Crippen LogP contribution >= 0.6 is 7.14 Å². The number of carbonyl (C=O) groups is 1. The quantitative estimate of drug-likeness (QED) is 0.221. The van der Waals surface area contributed by atoms with E-state index in [4.69, 9.17) is 5.21 Å². The van der Waals surface area contributed by atoms with E-state index in [-0.39, 0.29) is 25.9 Å². The molecule has 2 N–H and O–H groups in total. The number of amides is 1. The molecule has 88 valence electrons. The summed E-state index contributed by atoms with van der Waals surface area (Å²) in [6.45, 7) is 2.93. The summed E-state index contributed by atoms with van der Waals surface area (Å²) < 4.78 is 11.2. The van der Waals surface area contributed by atoms with Crippen LogP contribution in [0.25, 0.3) is 0 Å². The van der Waals surface area contributed by atoms with Gasteiger partial charge in [-0.05, 0) is 13.3 Å². The molecule has 8 heteroatoms. The number of rotatable bonds is 7. The number of hydrogen-bond donors (Lipinski definition) is 2. The average Bonchev–Trinajstić information content (AvgIpc) is 2.11. The summed E-state index contributed by atoms with van der Waals surface area (Å²) in [7, 11) is -2.20. The van der Waals surface area contributed by atoms with Gasteiger partial charge in [0.05, 0.1) is 33.1 Å². The molecule has 0 radical (unpaired) electrons. The van der Waals surface area contributed by atoms with Crippen LogP contribution in [0, 0.1) is 4.91 Å². The fraction of sp³-hybridized carbons (Fsp3) is 0.857. The predicted molar refractivity (Wildman–Crippen MR) is 56.2 cm³/mol. The van der Waals surface area contributed by atoms with Crippen molar-refractivity contribution in [2.45, 2.75) is 6.42 Å². The lowest BCUT2D eigenvalue weighted by molar-refractivity contribution is -0.166. The fourth-order valence-corrected chi connectivity index (χ4v) is 1.42. The standard InChI is InChI=1S/C7H16N3O4P/c1-15(2,14)6-8-5-10(13)7(11)3-4-9-12/h8,13H,3-6H2,1-2H3. The molecule has 0 aliphatic carbocycles. The Morgan fingerprint density at radius 2 is 2.13 bits per heavy atom. The Morgan fingerprint density at radius 3 is 2.60 bits per heavy atom. The highest BCUT2D eigenvalue weighted by molar-refractivity contribution is 7.62. The number of nitroso groups, excluding NO2 is 1. The first-order valence-corrected chi connectivity index (χ1v) is 7.18. The van der Waals surface area contributed by atoms with Crippen LogP contribution in [-0.2, 0) is 9.36 Å². The highest BCUT2D eigenvalue weighted by Gasteiger charge is 2.11. The van der Waals surface area contributed by atoms with Crippen LogP contribution in [0.15, 0.2) is 5.18 Å². The molecule has 15 heavy (non-hydrogen) atoms. The Labute approximate surface area is 88.1 Å². The molecular formula is C7H16N3O4P. The summed E-state index contributed by atoms with van der Waals surface area (Å²) in [5, 5.41) is 14.7. The Hall–Kier alpha value is -0.780. The van der Waals surface area contributed by atoms with E-state index in [1.54, 1.807) is 13.3 Å². The monoisotopic (exact) mass is 237 g/mol. The molecule has 0 saturated heterocycles. The van der Waals surface area contributed by atoms with Crippen molar-refractivity contribution >= 4 is 13.0 Å².